The lowest BCUT2D eigenvalue weighted by Gasteiger charge is -2.19. The maximum absolute atomic E-state index is 12.0. The molecule has 2 aromatic heterocycles. The summed E-state index contributed by atoms with van der Waals surface area (Å²) in [4.78, 5) is 22.6. The van der Waals surface area contributed by atoms with Gasteiger partial charge in [-0.1, -0.05) is 11.6 Å². The highest BCUT2D eigenvalue weighted by Crippen LogP contribution is 2.25. The number of aromatic nitrogens is 3. The fourth-order valence-electron chi connectivity index (χ4n) is 2.64. The summed E-state index contributed by atoms with van der Waals surface area (Å²) in [6.45, 7) is 1.92. The van der Waals surface area contributed by atoms with Gasteiger partial charge in [0.05, 0.1) is 11.6 Å². The van der Waals surface area contributed by atoms with Crippen LogP contribution >= 0.6 is 11.6 Å². The molecule has 0 bridgehead atoms. The number of imidazole rings is 1. The lowest BCUT2D eigenvalue weighted by atomic mass is 10.3. The molecule has 3 rings (SSSR count). The first-order valence-corrected chi connectivity index (χ1v) is 7.87. The number of halogens is 1. The van der Waals surface area contributed by atoms with Gasteiger partial charge in [-0.05, 0) is 18.6 Å². The SMILES string of the molecule is Cn1ccnc1CNC(=O)NC1CCN(c2ncccc2Cl)C1. The summed E-state index contributed by atoms with van der Waals surface area (Å²) in [6, 6.07) is 3.52. The molecule has 2 N–H and O–H groups in total. The Labute approximate surface area is 139 Å². The zero-order chi connectivity index (χ0) is 16.2. The minimum atomic E-state index is -0.188. The van der Waals surface area contributed by atoms with E-state index in [4.69, 9.17) is 11.6 Å². The maximum Gasteiger partial charge on any atom is 0.315 e. The Kier molecular flexibility index (Phi) is 4.66. The third-order valence-electron chi connectivity index (χ3n) is 3.89. The number of hydrogen-bond donors (Lipinski definition) is 2. The van der Waals surface area contributed by atoms with Crippen LogP contribution in [0.25, 0.3) is 0 Å². The molecule has 23 heavy (non-hydrogen) atoms. The van der Waals surface area contributed by atoms with Crippen LogP contribution in [0.5, 0.6) is 0 Å². The Balaban J connectivity index is 1.49. The highest BCUT2D eigenvalue weighted by atomic mass is 35.5. The van der Waals surface area contributed by atoms with E-state index in [0.717, 1.165) is 24.6 Å². The van der Waals surface area contributed by atoms with Gasteiger partial charge in [0.25, 0.3) is 0 Å². The van der Waals surface area contributed by atoms with Crippen molar-refractivity contribution < 1.29 is 4.79 Å². The number of amides is 2. The molecule has 7 nitrogen and oxygen atoms in total. The van der Waals surface area contributed by atoms with E-state index in [-0.39, 0.29) is 12.1 Å². The molecule has 0 aromatic carbocycles. The number of carbonyl (C=O) groups is 1. The van der Waals surface area contributed by atoms with Gasteiger partial charge in [0.1, 0.15) is 11.6 Å². The number of nitrogens with one attached hydrogen (secondary N) is 2. The number of pyridine rings is 1. The average Bonchev–Trinajstić information content (AvgIpc) is 3.15. The third-order valence-corrected chi connectivity index (χ3v) is 4.19. The van der Waals surface area contributed by atoms with Gasteiger partial charge in [-0.2, -0.15) is 0 Å². The number of hydrogen-bond acceptors (Lipinski definition) is 4. The Hall–Kier alpha value is -2.28. The predicted octanol–water partition coefficient (Wildman–Crippen LogP) is 1.55. The molecule has 1 saturated heterocycles. The zero-order valence-electron chi connectivity index (χ0n) is 12.9. The van der Waals surface area contributed by atoms with E-state index in [2.05, 4.69) is 25.5 Å². The molecule has 1 fully saturated rings. The number of rotatable bonds is 4. The topological polar surface area (TPSA) is 75.1 Å². The van der Waals surface area contributed by atoms with E-state index in [1.807, 2.05) is 29.9 Å². The molecule has 1 atom stereocenters. The van der Waals surface area contributed by atoms with E-state index in [1.54, 1.807) is 12.4 Å². The van der Waals surface area contributed by atoms with Gasteiger partial charge < -0.3 is 20.1 Å². The van der Waals surface area contributed by atoms with E-state index in [0.29, 0.717) is 18.1 Å². The molecule has 2 amide bonds. The van der Waals surface area contributed by atoms with Crippen LogP contribution in [0.4, 0.5) is 10.6 Å². The normalized spacial score (nSPS) is 17.3. The van der Waals surface area contributed by atoms with Crippen LogP contribution in [0.3, 0.4) is 0 Å². The van der Waals surface area contributed by atoms with Gasteiger partial charge in [0.2, 0.25) is 0 Å². The summed E-state index contributed by atoms with van der Waals surface area (Å²) in [5.41, 5.74) is 0. The quantitative estimate of drug-likeness (QED) is 0.889. The Bertz CT molecular complexity index is 688. The molecular weight excluding hydrogens is 316 g/mol. The molecule has 8 heteroatoms. The molecule has 0 saturated carbocycles. The van der Waals surface area contributed by atoms with Crippen LogP contribution in [-0.2, 0) is 13.6 Å². The van der Waals surface area contributed by atoms with Gasteiger partial charge in [0, 0.05) is 44.8 Å². The molecule has 1 aliphatic rings. The minimum absolute atomic E-state index is 0.0782. The highest BCUT2D eigenvalue weighted by Gasteiger charge is 2.25. The Morgan fingerprint density at radius 3 is 3.04 bits per heavy atom. The van der Waals surface area contributed by atoms with Crippen molar-refractivity contribution in [3.63, 3.8) is 0 Å². The molecule has 1 aliphatic heterocycles. The molecule has 0 aliphatic carbocycles. The van der Waals surface area contributed by atoms with Crippen LogP contribution in [0.15, 0.2) is 30.7 Å². The van der Waals surface area contributed by atoms with Crippen molar-refractivity contribution in [1.29, 1.82) is 0 Å². The first kappa shape index (κ1) is 15.6. The molecule has 2 aromatic rings. The number of nitrogens with zero attached hydrogens (tertiary/aromatic N) is 4. The molecule has 122 valence electrons. The number of aryl methyl sites for hydroxylation is 1. The van der Waals surface area contributed by atoms with E-state index >= 15 is 0 Å². The number of carbonyl (C=O) groups excluding carboxylic acids is 1. The summed E-state index contributed by atoms with van der Waals surface area (Å²) in [7, 11) is 1.90. The lowest BCUT2D eigenvalue weighted by Crippen LogP contribution is -2.43. The lowest BCUT2D eigenvalue weighted by molar-refractivity contribution is 0.237. The van der Waals surface area contributed by atoms with E-state index in [1.165, 1.54) is 0 Å². The second-order valence-corrected chi connectivity index (χ2v) is 5.93. The van der Waals surface area contributed by atoms with Crippen LogP contribution in [0.1, 0.15) is 12.2 Å². The van der Waals surface area contributed by atoms with Crippen LogP contribution in [0, 0.1) is 0 Å². The van der Waals surface area contributed by atoms with Gasteiger partial charge in [-0.25, -0.2) is 14.8 Å². The summed E-state index contributed by atoms with van der Waals surface area (Å²) < 4.78 is 1.88. The number of urea groups is 1. The smallest absolute Gasteiger partial charge is 0.315 e. The summed E-state index contributed by atoms with van der Waals surface area (Å²) in [5, 5.41) is 6.44. The monoisotopic (exact) mass is 334 g/mol. The van der Waals surface area contributed by atoms with Crippen molar-refractivity contribution >= 4 is 23.4 Å². The average molecular weight is 335 g/mol. The van der Waals surface area contributed by atoms with E-state index in [9.17, 15) is 4.79 Å². The van der Waals surface area contributed by atoms with Crippen molar-refractivity contribution in [1.82, 2.24) is 25.2 Å². The number of anilines is 1. The van der Waals surface area contributed by atoms with Crippen molar-refractivity contribution in [3.05, 3.63) is 41.6 Å². The van der Waals surface area contributed by atoms with Gasteiger partial charge in [-0.15, -0.1) is 0 Å². The maximum atomic E-state index is 12.0. The summed E-state index contributed by atoms with van der Waals surface area (Å²) >= 11 is 6.17. The molecule has 1 unspecified atom stereocenters. The molecule has 0 spiro atoms. The zero-order valence-corrected chi connectivity index (χ0v) is 13.6. The van der Waals surface area contributed by atoms with Gasteiger partial charge >= 0.3 is 6.03 Å². The fraction of sp³-hybridized carbons (Fsp3) is 0.400. The van der Waals surface area contributed by atoms with Crippen molar-refractivity contribution in [2.45, 2.75) is 19.0 Å². The highest BCUT2D eigenvalue weighted by molar-refractivity contribution is 6.32. The van der Waals surface area contributed by atoms with Crippen molar-refractivity contribution in [2.75, 3.05) is 18.0 Å². The fourth-order valence-corrected chi connectivity index (χ4v) is 2.88. The van der Waals surface area contributed by atoms with E-state index < -0.39 is 0 Å². The second-order valence-electron chi connectivity index (χ2n) is 5.52. The van der Waals surface area contributed by atoms with Crippen LogP contribution < -0.4 is 15.5 Å². The Morgan fingerprint density at radius 1 is 1.43 bits per heavy atom. The molecular formula is C15H19ClN6O. The minimum Gasteiger partial charge on any atom is -0.353 e. The first-order valence-electron chi connectivity index (χ1n) is 7.49. The second kappa shape index (κ2) is 6.87. The standard InChI is InChI=1S/C15H19ClN6O/c1-21-8-6-17-13(21)9-19-15(23)20-11-4-7-22(10-11)14-12(16)3-2-5-18-14/h2-3,5-6,8,11H,4,7,9-10H2,1H3,(H2,19,20,23). The largest absolute Gasteiger partial charge is 0.353 e. The van der Waals surface area contributed by atoms with Crippen molar-refractivity contribution in [2.24, 2.45) is 7.05 Å². The van der Waals surface area contributed by atoms with Crippen LogP contribution in [-0.4, -0.2) is 39.7 Å². The predicted molar refractivity (Wildman–Crippen MR) is 88.4 cm³/mol. The Morgan fingerprint density at radius 2 is 2.30 bits per heavy atom. The van der Waals surface area contributed by atoms with Crippen molar-refractivity contribution in [3.8, 4) is 0 Å². The summed E-state index contributed by atoms with van der Waals surface area (Å²) in [5.74, 6) is 1.58. The first-order chi connectivity index (χ1) is 11.1. The molecule has 0 radical (unpaired) electrons. The van der Waals surface area contributed by atoms with Crippen LogP contribution in [0.2, 0.25) is 5.02 Å². The van der Waals surface area contributed by atoms with Gasteiger partial charge in [0.15, 0.2) is 0 Å². The molecule has 3 heterocycles. The third kappa shape index (κ3) is 3.73. The summed E-state index contributed by atoms with van der Waals surface area (Å²) in [6.07, 6.45) is 6.14. The van der Waals surface area contributed by atoms with Gasteiger partial charge in [-0.3, -0.25) is 0 Å².